The summed E-state index contributed by atoms with van der Waals surface area (Å²) in [5.74, 6) is 0. The maximum atomic E-state index is 5.50. The predicted octanol–water partition coefficient (Wildman–Crippen LogP) is 2.27. The highest BCUT2D eigenvalue weighted by Gasteiger charge is 2.15. The number of hydrogen-bond acceptors (Lipinski definition) is 2. The molecule has 0 aliphatic heterocycles. The van der Waals surface area contributed by atoms with Gasteiger partial charge in [0.2, 0.25) is 0 Å². The molecule has 0 bridgehead atoms. The minimum absolute atomic E-state index is 0.480. The zero-order valence-corrected chi connectivity index (χ0v) is 9.31. The van der Waals surface area contributed by atoms with Crippen LogP contribution in [0, 0.1) is 5.41 Å². The molecule has 0 atom stereocenters. The lowest BCUT2D eigenvalue weighted by Gasteiger charge is -2.24. The molecule has 2 nitrogen and oxygen atoms in total. The fraction of sp³-hybridized carbons (Fsp3) is 1.00. The first-order chi connectivity index (χ1) is 6.12. The largest absolute Gasteiger partial charge is 0.330 e. The molecule has 0 unspecified atom stereocenters. The van der Waals surface area contributed by atoms with E-state index in [4.69, 9.17) is 11.5 Å². The van der Waals surface area contributed by atoms with Gasteiger partial charge >= 0.3 is 0 Å². The Labute approximate surface area is 83.1 Å². The van der Waals surface area contributed by atoms with Crippen LogP contribution in [0.3, 0.4) is 0 Å². The molecular weight excluding hydrogens is 160 g/mol. The van der Waals surface area contributed by atoms with E-state index >= 15 is 0 Å². The predicted molar refractivity (Wildman–Crippen MR) is 59.6 cm³/mol. The highest BCUT2D eigenvalue weighted by molar-refractivity contribution is 4.68. The van der Waals surface area contributed by atoms with E-state index in [0.717, 1.165) is 19.5 Å². The second kappa shape index (κ2) is 7.34. The number of nitrogens with two attached hydrogens (primary N) is 2. The van der Waals surface area contributed by atoms with Gasteiger partial charge in [0.25, 0.3) is 0 Å². The Balaban J connectivity index is 3.39. The van der Waals surface area contributed by atoms with Gasteiger partial charge in [-0.15, -0.1) is 0 Å². The van der Waals surface area contributed by atoms with Crippen LogP contribution in [0.4, 0.5) is 0 Å². The van der Waals surface area contributed by atoms with Gasteiger partial charge in [0.15, 0.2) is 0 Å². The Morgan fingerprint density at radius 2 is 1.31 bits per heavy atom. The lowest BCUT2D eigenvalue weighted by atomic mass is 9.82. The Morgan fingerprint density at radius 3 is 1.85 bits per heavy atom. The summed E-state index contributed by atoms with van der Waals surface area (Å²) in [6.45, 7) is 6.34. The highest BCUT2D eigenvalue weighted by Crippen LogP contribution is 2.28. The van der Waals surface area contributed by atoms with E-state index in [2.05, 4.69) is 13.8 Å². The molecule has 0 aliphatic rings. The molecule has 2 heteroatoms. The summed E-state index contributed by atoms with van der Waals surface area (Å²) < 4.78 is 0. The van der Waals surface area contributed by atoms with Crippen molar-refractivity contribution in [2.24, 2.45) is 16.9 Å². The molecule has 0 rings (SSSR count). The summed E-state index contributed by atoms with van der Waals surface area (Å²) in [6.07, 6.45) is 7.49. The van der Waals surface area contributed by atoms with E-state index in [1.165, 1.54) is 32.1 Å². The molecule has 0 heterocycles. The maximum absolute atomic E-state index is 5.50. The highest BCUT2D eigenvalue weighted by atomic mass is 14.5. The van der Waals surface area contributed by atoms with Crippen LogP contribution >= 0.6 is 0 Å². The van der Waals surface area contributed by atoms with E-state index in [1.54, 1.807) is 0 Å². The number of rotatable bonds is 8. The average Bonchev–Trinajstić information content (AvgIpc) is 2.09. The molecule has 0 aliphatic carbocycles. The molecule has 0 spiro atoms. The van der Waals surface area contributed by atoms with Gasteiger partial charge in [-0.3, -0.25) is 0 Å². The fourth-order valence-corrected chi connectivity index (χ4v) is 1.63. The standard InChI is InChI=1S/C11H26N2/c1-11(2,8-6-10-13)7-4-3-5-9-12/h3-10,12-13H2,1-2H3. The van der Waals surface area contributed by atoms with Crippen molar-refractivity contribution in [3.05, 3.63) is 0 Å². The molecule has 0 aromatic heterocycles. The van der Waals surface area contributed by atoms with Crippen LogP contribution in [-0.2, 0) is 0 Å². The van der Waals surface area contributed by atoms with Crippen LogP contribution in [0.2, 0.25) is 0 Å². The third-order valence-electron chi connectivity index (χ3n) is 2.62. The van der Waals surface area contributed by atoms with E-state index in [9.17, 15) is 0 Å². The second-order valence-corrected chi connectivity index (χ2v) is 4.66. The fourth-order valence-electron chi connectivity index (χ4n) is 1.63. The number of hydrogen-bond donors (Lipinski definition) is 2. The first-order valence-electron chi connectivity index (χ1n) is 5.52. The van der Waals surface area contributed by atoms with Crippen LogP contribution < -0.4 is 11.5 Å². The molecule has 0 aromatic carbocycles. The van der Waals surface area contributed by atoms with Gasteiger partial charge in [0.05, 0.1) is 0 Å². The Bertz CT molecular complexity index is 111. The molecule has 4 N–H and O–H groups in total. The van der Waals surface area contributed by atoms with Crippen molar-refractivity contribution in [1.82, 2.24) is 0 Å². The Kier molecular flexibility index (Phi) is 7.29. The summed E-state index contributed by atoms with van der Waals surface area (Å²) in [5.41, 5.74) is 11.4. The quantitative estimate of drug-likeness (QED) is 0.571. The van der Waals surface area contributed by atoms with Crippen LogP contribution in [-0.4, -0.2) is 13.1 Å². The van der Waals surface area contributed by atoms with Crippen molar-refractivity contribution < 1.29 is 0 Å². The van der Waals surface area contributed by atoms with Crippen molar-refractivity contribution in [1.29, 1.82) is 0 Å². The van der Waals surface area contributed by atoms with Gasteiger partial charge in [0.1, 0.15) is 0 Å². The normalized spacial score (nSPS) is 12.0. The van der Waals surface area contributed by atoms with Gasteiger partial charge in [-0.25, -0.2) is 0 Å². The molecule has 0 radical (unpaired) electrons. The monoisotopic (exact) mass is 186 g/mol. The minimum atomic E-state index is 0.480. The van der Waals surface area contributed by atoms with E-state index in [0.29, 0.717) is 5.41 Å². The van der Waals surface area contributed by atoms with Crippen molar-refractivity contribution in [2.75, 3.05) is 13.1 Å². The Morgan fingerprint density at radius 1 is 0.769 bits per heavy atom. The van der Waals surface area contributed by atoms with E-state index in [-0.39, 0.29) is 0 Å². The molecule has 0 saturated carbocycles. The van der Waals surface area contributed by atoms with Crippen LogP contribution in [0.15, 0.2) is 0 Å². The van der Waals surface area contributed by atoms with Crippen LogP contribution in [0.5, 0.6) is 0 Å². The summed E-state index contributed by atoms with van der Waals surface area (Å²) in [6, 6.07) is 0. The SMILES string of the molecule is CC(C)(CCCN)CCCCCN. The van der Waals surface area contributed by atoms with Crippen LogP contribution in [0.1, 0.15) is 52.4 Å². The third-order valence-corrected chi connectivity index (χ3v) is 2.62. The molecular formula is C11H26N2. The zero-order valence-electron chi connectivity index (χ0n) is 9.31. The van der Waals surface area contributed by atoms with Crippen LogP contribution in [0.25, 0.3) is 0 Å². The summed E-state index contributed by atoms with van der Waals surface area (Å²) in [4.78, 5) is 0. The topological polar surface area (TPSA) is 52.0 Å². The minimum Gasteiger partial charge on any atom is -0.330 e. The van der Waals surface area contributed by atoms with Gasteiger partial charge in [-0.05, 0) is 44.2 Å². The van der Waals surface area contributed by atoms with Crippen molar-refractivity contribution in [3.63, 3.8) is 0 Å². The van der Waals surface area contributed by atoms with Crippen molar-refractivity contribution in [3.8, 4) is 0 Å². The molecule has 0 aromatic rings. The maximum Gasteiger partial charge on any atom is -0.00771 e. The lowest BCUT2D eigenvalue weighted by Crippen LogP contribution is -2.13. The average molecular weight is 186 g/mol. The van der Waals surface area contributed by atoms with Crippen molar-refractivity contribution in [2.45, 2.75) is 52.4 Å². The molecule has 80 valence electrons. The zero-order chi connectivity index (χ0) is 10.2. The molecule has 0 fully saturated rings. The van der Waals surface area contributed by atoms with Gasteiger partial charge in [0, 0.05) is 0 Å². The molecule has 0 saturated heterocycles. The summed E-state index contributed by atoms with van der Waals surface area (Å²) in [7, 11) is 0. The van der Waals surface area contributed by atoms with Crippen molar-refractivity contribution >= 4 is 0 Å². The molecule has 13 heavy (non-hydrogen) atoms. The summed E-state index contributed by atoms with van der Waals surface area (Å²) >= 11 is 0. The van der Waals surface area contributed by atoms with E-state index in [1.807, 2.05) is 0 Å². The molecule has 0 amide bonds. The van der Waals surface area contributed by atoms with Gasteiger partial charge < -0.3 is 11.5 Å². The Hall–Kier alpha value is -0.0800. The first-order valence-corrected chi connectivity index (χ1v) is 5.52. The smallest absolute Gasteiger partial charge is 0.00771 e. The third kappa shape index (κ3) is 8.26. The van der Waals surface area contributed by atoms with Gasteiger partial charge in [-0.1, -0.05) is 26.7 Å². The second-order valence-electron chi connectivity index (χ2n) is 4.66. The first kappa shape index (κ1) is 12.9. The number of unbranched alkanes of at least 4 members (excludes halogenated alkanes) is 2. The lowest BCUT2D eigenvalue weighted by molar-refractivity contribution is 0.289. The van der Waals surface area contributed by atoms with Gasteiger partial charge in [-0.2, -0.15) is 0 Å². The summed E-state index contributed by atoms with van der Waals surface area (Å²) in [5, 5.41) is 0. The van der Waals surface area contributed by atoms with E-state index < -0.39 is 0 Å².